The minimum absolute atomic E-state index is 0.773. The van der Waals surface area contributed by atoms with Crippen molar-refractivity contribution in [1.29, 1.82) is 0 Å². The van der Waals surface area contributed by atoms with Gasteiger partial charge in [-0.3, -0.25) is 0 Å². The molecule has 2 aromatic rings. The summed E-state index contributed by atoms with van der Waals surface area (Å²) in [7, 11) is -0.547. The maximum Gasteiger partial charge on any atom is 0.310 e. The third-order valence-electron chi connectivity index (χ3n) is 2.40. The quantitative estimate of drug-likeness (QED) is 0.762. The van der Waals surface area contributed by atoms with E-state index >= 15 is 0 Å². The number of para-hydroxylation sites is 2. The van der Waals surface area contributed by atoms with Gasteiger partial charge in [0, 0.05) is 13.7 Å². The zero-order valence-corrected chi connectivity index (χ0v) is 11.4. The Hall–Kier alpha value is -1.73. The second-order valence-electron chi connectivity index (χ2n) is 3.81. The Morgan fingerprint density at radius 3 is 1.50 bits per heavy atom. The second-order valence-corrected chi connectivity index (χ2v) is 6.18. The summed E-state index contributed by atoms with van der Waals surface area (Å²) in [6.07, 6.45) is 0. The molecule has 0 aliphatic heterocycles. The van der Waals surface area contributed by atoms with Crippen molar-refractivity contribution >= 4 is 7.51 Å². The summed E-state index contributed by atoms with van der Waals surface area (Å²) in [5.41, 5.74) is 0. The molecule has 0 fully saturated rings. The van der Waals surface area contributed by atoms with Crippen LogP contribution >= 0.6 is 7.51 Å². The van der Waals surface area contributed by atoms with E-state index in [4.69, 9.17) is 9.05 Å². The van der Waals surface area contributed by atoms with Crippen LogP contribution in [0.2, 0.25) is 0 Å². The first-order chi connectivity index (χ1) is 8.72. The van der Waals surface area contributed by atoms with Gasteiger partial charge in [0.25, 0.3) is 0 Å². The average molecular weight is 261 g/mol. The van der Waals surface area contributed by atoms with E-state index in [2.05, 4.69) is 4.74 Å². The predicted octanol–water partition coefficient (Wildman–Crippen LogP) is 4.44. The third kappa shape index (κ3) is 3.38. The lowest BCUT2D eigenvalue weighted by Crippen LogP contribution is -1.99. The highest BCUT2D eigenvalue weighted by Crippen LogP contribution is 2.47. The fraction of sp³-hybridized carbons (Fsp3) is 0.143. The molecule has 0 aliphatic rings. The molecule has 0 amide bonds. The van der Waals surface area contributed by atoms with Gasteiger partial charge in [-0.2, -0.15) is 0 Å². The monoisotopic (exact) mass is 261 g/mol. The SMILES string of the molecule is CN=P(C)(Oc1ccccc1)Oc1ccccc1. The maximum absolute atomic E-state index is 5.88. The number of rotatable bonds is 4. The number of hydrogen-bond acceptors (Lipinski definition) is 3. The van der Waals surface area contributed by atoms with E-state index in [1.165, 1.54) is 0 Å². The first-order valence-corrected chi connectivity index (χ1v) is 7.71. The Labute approximate surface area is 108 Å². The van der Waals surface area contributed by atoms with E-state index in [9.17, 15) is 0 Å². The van der Waals surface area contributed by atoms with Crippen LogP contribution in [0, 0.1) is 0 Å². The van der Waals surface area contributed by atoms with Gasteiger partial charge < -0.3 is 9.05 Å². The molecule has 0 unspecified atom stereocenters. The molecule has 4 heteroatoms. The Morgan fingerprint density at radius 2 is 1.17 bits per heavy atom. The zero-order chi connectivity index (χ0) is 12.8. The van der Waals surface area contributed by atoms with Crippen LogP contribution in [0.25, 0.3) is 0 Å². The Balaban J connectivity index is 2.17. The van der Waals surface area contributed by atoms with Crippen LogP contribution in [0.3, 0.4) is 0 Å². The molecule has 0 atom stereocenters. The maximum atomic E-state index is 5.88. The van der Waals surface area contributed by atoms with Gasteiger partial charge in [0.2, 0.25) is 0 Å². The summed E-state index contributed by atoms with van der Waals surface area (Å²) in [6.45, 7) is 1.90. The van der Waals surface area contributed by atoms with Gasteiger partial charge in [0.15, 0.2) is 0 Å². The first-order valence-electron chi connectivity index (χ1n) is 5.69. The minimum atomic E-state index is -2.27. The van der Waals surface area contributed by atoms with Gasteiger partial charge in [-0.05, 0) is 24.3 Å². The summed E-state index contributed by atoms with van der Waals surface area (Å²) in [6, 6.07) is 19.2. The zero-order valence-electron chi connectivity index (χ0n) is 10.5. The molecule has 18 heavy (non-hydrogen) atoms. The molecule has 0 aliphatic carbocycles. The molecule has 0 saturated heterocycles. The van der Waals surface area contributed by atoms with Crippen LogP contribution in [0.1, 0.15) is 0 Å². The fourth-order valence-electron chi connectivity index (χ4n) is 1.45. The molecule has 3 nitrogen and oxygen atoms in total. The highest BCUT2D eigenvalue weighted by molar-refractivity contribution is 7.56. The van der Waals surface area contributed by atoms with Crippen LogP contribution in [-0.4, -0.2) is 13.7 Å². The van der Waals surface area contributed by atoms with Crippen molar-refractivity contribution in [2.24, 2.45) is 4.74 Å². The Bertz CT molecular complexity index is 495. The van der Waals surface area contributed by atoms with Crippen molar-refractivity contribution in [1.82, 2.24) is 0 Å². The molecular weight excluding hydrogens is 245 g/mol. The number of benzene rings is 2. The average Bonchev–Trinajstić information content (AvgIpc) is 2.41. The van der Waals surface area contributed by atoms with E-state index in [-0.39, 0.29) is 0 Å². The highest BCUT2D eigenvalue weighted by Gasteiger charge is 2.16. The van der Waals surface area contributed by atoms with Gasteiger partial charge in [-0.1, -0.05) is 36.4 Å². The standard InChI is InChI=1S/C14H16NO2P/c1-15-18(2,16-13-9-5-3-6-10-13)17-14-11-7-4-8-12-14/h3-12H,1-2H3. The summed E-state index contributed by atoms with van der Waals surface area (Å²) in [5, 5.41) is 0. The van der Waals surface area contributed by atoms with Crippen LogP contribution in [0.15, 0.2) is 65.4 Å². The van der Waals surface area contributed by atoms with Gasteiger partial charge in [0.05, 0.1) is 0 Å². The Morgan fingerprint density at radius 1 is 0.778 bits per heavy atom. The molecule has 0 heterocycles. The minimum Gasteiger partial charge on any atom is -0.430 e. The second kappa shape index (κ2) is 5.74. The molecule has 2 rings (SSSR count). The molecule has 0 bridgehead atoms. The van der Waals surface area contributed by atoms with Crippen molar-refractivity contribution in [2.75, 3.05) is 13.7 Å². The molecule has 0 aromatic heterocycles. The summed E-state index contributed by atoms with van der Waals surface area (Å²) >= 11 is 0. The fourth-order valence-corrected chi connectivity index (χ4v) is 2.68. The number of hydrogen-bond donors (Lipinski definition) is 0. The van der Waals surface area contributed by atoms with Gasteiger partial charge in [-0.25, -0.2) is 4.74 Å². The van der Waals surface area contributed by atoms with E-state index in [1.54, 1.807) is 7.05 Å². The van der Waals surface area contributed by atoms with Crippen LogP contribution in [0.4, 0.5) is 0 Å². The van der Waals surface area contributed by atoms with E-state index in [0.29, 0.717) is 0 Å². The summed E-state index contributed by atoms with van der Waals surface area (Å²) in [4.78, 5) is 0. The topological polar surface area (TPSA) is 30.8 Å². The Kier molecular flexibility index (Phi) is 4.06. The largest absolute Gasteiger partial charge is 0.430 e. The molecule has 0 saturated carbocycles. The van der Waals surface area contributed by atoms with Gasteiger partial charge in [-0.15, -0.1) is 0 Å². The number of nitrogens with zero attached hydrogens (tertiary/aromatic N) is 1. The summed E-state index contributed by atoms with van der Waals surface area (Å²) < 4.78 is 16.0. The van der Waals surface area contributed by atoms with Crippen molar-refractivity contribution in [3.8, 4) is 11.5 Å². The first kappa shape index (κ1) is 12.7. The van der Waals surface area contributed by atoms with Crippen LogP contribution < -0.4 is 9.05 Å². The van der Waals surface area contributed by atoms with E-state index in [0.717, 1.165) is 11.5 Å². The molecular formula is C14H16NO2P. The van der Waals surface area contributed by atoms with Crippen molar-refractivity contribution in [3.05, 3.63) is 60.7 Å². The van der Waals surface area contributed by atoms with Crippen LogP contribution in [0.5, 0.6) is 11.5 Å². The normalized spacial score (nSPS) is 10.8. The van der Waals surface area contributed by atoms with Crippen LogP contribution in [-0.2, 0) is 0 Å². The molecule has 94 valence electrons. The highest BCUT2D eigenvalue weighted by atomic mass is 31.2. The molecule has 0 N–H and O–H groups in total. The summed E-state index contributed by atoms with van der Waals surface area (Å²) in [5.74, 6) is 1.55. The van der Waals surface area contributed by atoms with Gasteiger partial charge in [0.1, 0.15) is 11.5 Å². The smallest absolute Gasteiger partial charge is 0.310 e. The lowest BCUT2D eigenvalue weighted by atomic mass is 10.3. The lowest BCUT2D eigenvalue weighted by Gasteiger charge is -2.21. The molecule has 0 spiro atoms. The lowest BCUT2D eigenvalue weighted by molar-refractivity contribution is 0.481. The predicted molar refractivity (Wildman–Crippen MR) is 75.3 cm³/mol. The molecule has 0 radical (unpaired) electrons. The van der Waals surface area contributed by atoms with Crippen molar-refractivity contribution in [3.63, 3.8) is 0 Å². The van der Waals surface area contributed by atoms with Crippen molar-refractivity contribution < 1.29 is 9.05 Å². The van der Waals surface area contributed by atoms with Crippen molar-refractivity contribution in [2.45, 2.75) is 0 Å². The third-order valence-corrected chi connectivity index (χ3v) is 4.23. The molecule has 2 aromatic carbocycles. The van der Waals surface area contributed by atoms with E-state index in [1.807, 2.05) is 67.3 Å². The van der Waals surface area contributed by atoms with E-state index < -0.39 is 7.51 Å². The van der Waals surface area contributed by atoms with Gasteiger partial charge >= 0.3 is 7.51 Å².